The fraction of sp³-hybridized carbons (Fsp3) is 0.500. The summed E-state index contributed by atoms with van der Waals surface area (Å²) < 4.78 is 31.8. The van der Waals surface area contributed by atoms with E-state index in [0.717, 1.165) is 0 Å². The number of sulfonamides is 1. The number of nitrogen functional groups attached to an aromatic ring is 1. The van der Waals surface area contributed by atoms with Gasteiger partial charge in [-0.25, -0.2) is 13.1 Å². The lowest BCUT2D eigenvalue weighted by Gasteiger charge is -2.11. The van der Waals surface area contributed by atoms with E-state index in [1.165, 1.54) is 12.1 Å². The van der Waals surface area contributed by atoms with Crippen LogP contribution in [0.25, 0.3) is 0 Å². The zero-order valence-corrected chi connectivity index (χ0v) is 12.8. The van der Waals surface area contributed by atoms with Crippen LogP contribution in [0.2, 0.25) is 5.02 Å². The van der Waals surface area contributed by atoms with Crippen molar-refractivity contribution < 1.29 is 13.2 Å². The highest BCUT2D eigenvalue weighted by Crippen LogP contribution is 2.26. The summed E-state index contributed by atoms with van der Waals surface area (Å²) in [7, 11) is -3.59. The van der Waals surface area contributed by atoms with Crippen molar-refractivity contribution in [3.63, 3.8) is 0 Å². The molecule has 0 atom stereocenters. The molecule has 0 aliphatic rings. The van der Waals surface area contributed by atoms with Crippen molar-refractivity contribution in [2.75, 3.05) is 18.9 Å². The smallest absolute Gasteiger partial charge is 0.240 e. The molecule has 0 bridgehead atoms. The lowest BCUT2D eigenvalue weighted by atomic mass is 10.2. The van der Waals surface area contributed by atoms with Gasteiger partial charge in [-0.2, -0.15) is 0 Å². The number of hydrogen-bond donors (Lipinski definition) is 2. The highest BCUT2D eigenvalue weighted by molar-refractivity contribution is 7.89. The van der Waals surface area contributed by atoms with Gasteiger partial charge in [0.05, 0.1) is 28.3 Å². The molecule has 0 saturated heterocycles. The van der Waals surface area contributed by atoms with E-state index in [4.69, 9.17) is 22.1 Å². The van der Waals surface area contributed by atoms with E-state index in [1.807, 2.05) is 13.8 Å². The quantitative estimate of drug-likeness (QED) is 0.621. The second-order valence-electron chi connectivity index (χ2n) is 4.46. The van der Waals surface area contributed by atoms with Crippen molar-refractivity contribution in [1.29, 1.82) is 0 Å². The van der Waals surface area contributed by atoms with Crippen molar-refractivity contribution in [1.82, 2.24) is 4.72 Å². The third-order valence-electron chi connectivity index (χ3n) is 2.41. The number of halogens is 1. The van der Waals surface area contributed by atoms with Crippen molar-refractivity contribution >= 4 is 27.3 Å². The highest BCUT2D eigenvalue weighted by Gasteiger charge is 2.16. The summed E-state index contributed by atoms with van der Waals surface area (Å²) in [6.07, 6.45) is 0.0675. The molecule has 0 spiro atoms. The third-order valence-corrected chi connectivity index (χ3v) is 4.37. The molecule has 0 unspecified atom stereocenters. The van der Waals surface area contributed by atoms with E-state index < -0.39 is 10.0 Å². The molecule has 1 rings (SSSR count). The first-order chi connectivity index (χ1) is 8.74. The summed E-state index contributed by atoms with van der Waals surface area (Å²) in [6, 6.07) is 2.84. The van der Waals surface area contributed by atoms with Gasteiger partial charge in [0.25, 0.3) is 0 Å². The van der Waals surface area contributed by atoms with Gasteiger partial charge in [0.1, 0.15) is 0 Å². The number of rotatable bonds is 6. The normalized spacial score (nSPS) is 12.1. The summed E-state index contributed by atoms with van der Waals surface area (Å²) in [5, 5.41) is 0.377. The lowest BCUT2D eigenvalue weighted by Crippen LogP contribution is -2.28. The van der Waals surface area contributed by atoms with Crippen LogP contribution in [0.1, 0.15) is 19.4 Å². The fourth-order valence-electron chi connectivity index (χ4n) is 1.47. The summed E-state index contributed by atoms with van der Waals surface area (Å²) in [6.45, 7) is 6.01. The van der Waals surface area contributed by atoms with E-state index in [1.54, 1.807) is 6.92 Å². The second kappa shape index (κ2) is 6.56. The molecule has 0 amide bonds. The topological polar surface area (TPSA) is 81.4 Å². The molecular weight excluding hydrogens is 288 g/mol. The predicted molar refractivity (Wildman–Crippen MR) is 76.9 cm³/mol. The van der Waals surface area contributed by atoms with E-state index >= 15 is 0 Å². The Labute approximate surface area is 119 Å². The summed E-state index contributed by atoms with van der Waals surface area (Å²) in [5.41, 5.74) is 6.54. The van der Waals surface area contributed by atoms with Gasteiger partial charge in [0.2, 0.25) is 10.0 Å². The van der Waals surface area contributed by atoms with Crippen LogP contribution in [0.15, 0.2) is 17.0 Å². The first kappa shape index (κ1) is 16.2. The number of benzene rings is 1. The first-order valence-electron chi connectivity index (χ1n) is 5.91. The van der Waals surface area contributed by atoms with E-state index in [-0.39, 0.29) is 23.2 Å². The van der Waals surface area contributed by atoms with Gasteiger partial charge in [-0.3, -0.25) is 0 Å². The van der Waals surface area contributed by atoms with E-state index in [9.17, 15) is 8.42 Å². The average Bonchev–Trinajstić information content (AvgIpc) is 2.31. The molecule has 7 heteroatoms. The van der Waals surface area contributed by atoms with Crippen LogP contribution in [0.3, 0.4) is 0 Å². The Kier molecular flexibility index (Phi) is 5.61. The summed E-state index contributed by atoms with van der Waals surface area (Å²) >= 11 is 5.90. The number of nitrogens with one attached hydrogen (secondary N) is 1. The largest absolute Gasteiger partial charge is 0.397 e. The number of nitrogens with two attached hydrogens (primary N) is 1. The van der Waals surface area contributed by atoms with Crippen LogP contribution in [-0.2, 0) is 14.8 Å². The van der Waals surface area contributed by atoms with Gasteiger partial charge >= 0.3 is 0 Å². The molecule has 19 heavy (non-hydrogen) atoms. The molecular formula is C12H19ClN2O3S. The lowest BCUT2D eigenvalue weighted by molar-refractivity contribution is 0.0834. The molecule has 0 aromatic heterocycles. The highest BCUT2D eigenvalue weighted by atomic mass is 35.5. The van der Waals surface area contributed by atoms with Crippen molar-refractivity contribution in [3.8, 4) is 0 Å². The summed E-state index contributed by atoms with van der Waals surface area (Å²) in [4.78, 5) is 0.108. The number of hydrogen-bond acceptors (Lipinski definition) is 4. The van der Waals surface area contributed by atoms with Crippen molar-refractivity contribution in [3.05, 3.63) is 22.7 Å². The van der Waals surface area contributed by atoms with E-state index in [0.29, 0.717) is 17.2 Å². The van der Waals surface area contributed by atoms with Gasteiger partial charge in [0, 0.05) is 6.54 Å². The first-order valence-corrected chi connectivity index (χ1v) is 7.77. The van der Waals surface area contributed by atoms with Crippen LogP contribution in [-0.4, -0.2) is 27.7 Å². The van der Waals surface area contributed by atoms with Crippen molar-refractivity contribution in [2.24, 2.45) is 0 Å². The summed E-state index contributed by atoms with van der Waals surface area (Å²) in [5.74, 6) is 0. The van der Waals surface area contributed by atoms with Gasteiger partial charge in [-0.1, -0.05) is 11.6 Å². The Morgan fingerprint density at radius 1 is 1.42 bits per heavy atom. The standard InChI is InChI=1S/C12H19ClN2O3S/c1-8(2)18-5-4-15-19(16,17)10-6-9(3)12(13)11(14)7-10/h6-8,15H,4-5,14H2,1-3H3. The molecule has 0 heterocycles. The minimum Gasteiger partial charge on any atom is -0.397 e. The fourth-order valence-corrected chi connectivity index (χ4v) is 2.71. The maximum Gasteiger partial charge on any atom is 0.240 e. The van der Waals surface area contributed by atoms with Crippen LogP contribution in [0, 0.1) is 6.92 Å². The molecule has 0 fully saturated rings. The maximum absolute atomic E-state index is 12.0. The van der Waals surface area contributed by atoms with Crippen molar-refractivity contribution in [2.45, 2.75) is 31.8 Å². The van der Waals surface area contributed by atoms with Crippen LogP contribution in [0.4, 0.5) is 5.69 Å². The SMILES string of the molecule is Cc1cc(S(=O)(=O)NCCOC(C)C)cc(N)c1Cl. The van der Waals surface area contributed by atoms with E-state index in [2.05, 4.69) is 4.72 Å². The molecule has 1 aromatic rings. The van der Waals surface area contributed by atoms with Gasteiger partial charge in [-0.15, -0.1) is 0 Å². The molecule has 108 valence electrons. The Hall–Kier alpha value is -0.820. The number of ether oxygens (including phenoxy) is 1. The molecule has 3 N–H and O–H groups in total. The molecule has 0 aliphatic carbocycles. The van der Waals surface area contributed by atoms with Crippen LogP contribution >= 0.6 is 11.6 Å². The zero-order valence-electron chi connectivity index (χ0n) is 11.2. The number of anilines is 1. The maximum atomic E-state index is 12.0. The van der Waals surface area contributed by atoms with Gasteiger partial charge < -0.3 is 10.5 Å². The number of aryl methyl sites for hydroxylation is 1. The minimum absolute atomic E-state index is 0.0675. The minimum atomic E-state index is -3.59. The van der Waals surface area contributed by atoms with Crippen LogP contribution < -0.4 is 10.5 Å². The monoisotopic (exact) mass is 306 g/mol. The Morgan fingerprint density at radius 2 is 2.05 bits per heavy atom. The van der Waals surface area contributed by atoms with Crippen LogP contribution in [0.5, 0.6) is 0 Å². The average molecular weight is 307 g/mol. The third kappa shape index (κ3) is 4.65. The molecule has 0 aliphatic heterocycles. The van der Waals surface area contributed by atoms with Gasteiger partial charge in [-0.05, 0) is 38.5 Å². The van der Waals surface area contributed by atoms with Gasteiger partial charge in [0.15, 0.2) is 0 Å². The second-order valence-corrected chi connectivity index (χ2v) is 6.61. The Bertz CT molecular complexity index is 521. The molecule has 0 radical (unpaired) electrons. The zero-order chi connectivity index (χ0) is 14.6. The molecule has 5 nitrogen and oxygen atoms in total. The Balaban J connectivity index is 2.78. The molecule has 0 saturated carbocycles. The predicted octanol–water partition coefficient (Wildman–Crippen LogP) is 1.93. The Morgan fingerprint density at radius 3 is 2.58 bits per heavy atom. The molecule has 1 aromatic carbocycles.